The summed E-state index contributed by atoms with van der Waals surface area (Å²) in [5, 5.41) is 19.9. The minimum Gasteiger partial charge on any atom is -0.481 e. The zero-order chi connectivity index (χ0) is 14.4. The van der Waals surface area contributed by atoms with Crippen molar-refractivity contribution < 1.29 is 29.3 Å². The van der Waals surface area contributed by atoms with Crippen LogP contribution in [0.3, 0.4) is 0 Å². The maximum atomic E-state index is 11.3. The number of aliphatic carboxylic acids is 2. The van der Waals surface area contributed by atoms with Crippen molar-refractivity contribution in [2.45, 2.75) is 12.5 Å². The molecule has 0 radical (unpaired) electrons. The van der Waals surface area contributed by atoms with Gasteiger partial charge in [0.2, 0.25) is 0 Å². The van der Waals surface area contributed by atoms with Crippen LogP contribution in [-0.2, 0) is 14.3 Å². The van der Waals surface area contributed by atoms with Crippen molar-refractivity contribution in [1.82, 2.24) is 4.98 Å². The summed E-state index contributed by atoms with van der Waals surface area (Å²) in [4.78, 5) is 36.5. The first-order valence-electron chi connectivity index (χ1n) is 5.19. The van der Waals surface area contributed by atoms with E-state index in [0.717, 1.165) is 0 Å². The average molecular weight is 268 g/mol. The summed E-state index contributed by atoms with van der Waals surface area (Å²) < 4.78 is 4.50. The first-order valence-corrected chi connectivity index (χ1v) is 5.19. The summed E-state index contributed by atoms with van der Waals surface area (Å²) in [6.45, 7) is 0. The van der Waals surface area contributed by atoms with Gasteiger partial charge < -0.3 is 20.3 Å². The van der Waals surface area contributed by atoms with Gasteiger partial charge >= 0.3 is 17.9 Å². The first-order chi connectivity index (χ1) is 8.93. The number of methoxy groups -OCH3 is 1. The molecule has 102 valence electrons. The Morgan fingerprint density at radius 2 is 2.11 bits per heavy atom. The standard InChI is InChI=1S/C11H12N2O6/c1-19-11(18)6-2-3-12-8(4-6)13-7(10(16)17)5-9(14)15/h2-4,7H,5H2,1H3,(H,12,13)(H,14,15)(H,16,17). The second kappa shape index (κ2) is 6.34. The fourth-order valence-corrected chi connectivity index (χ4v) is 1.31. The van der Waals surface area contributed by atoms with Crippen LogP contribution in [0.25, 0.3) is 0 Å². The number of carboxylic acids is 2. The number of ether oxygens (including phenoxy) is 1. The van der Waals surface area contributed by atoms with Crippen LogP contribution >= 0.6 is 0 Å². The third kappa shape index (κ3) is 4.26. The Morgan fingerprint density at radius 3 is 2.63 bits per heavy atom. The van der Waals surface area contributed by atoms with E-state index in [0.29, 0.717) is 0 Å². The second-order valence-corrected chi connectivity index (χ2v) is 3.55. The van der Waals surface area contributed by atoms with E-state index in [9.17, 15) is 14.4 Å². The molecule has 0 spiro atoms. The van der Waals surface area contributed by atoms with Gasteiger partial charge in [-0.3, -0.25) is 4.79 Å². The Kier molecular flexibility index (Phi) is 4.81. The van der Waals surface area contributed by atoms with E-state index >= 15 is 0 Å². The van der Waals surface area contributed by atoms with Gasteiger partial charge in [0.25, 0.3) is 0 Å². The van der Waals surface area contributed by atoms with Gasteiger partial charge in [-0.15, -0.1) is 0 Å². The number of pyridine rings is 1. The summed E-state index contributed by atoms with van der Waals surface area (Å²) in [7, 11) is 1.21. The maximum Gasteiger partial charge on any atom is 0.338 e. The predicted molar refractivity (Wildman–Crippen MR) is 62.9 cm³/mol. The molecule has 0 aliphatic rings. The molecule has 1 rings (SSSR count). The number of carboxylic acid groups (broad SMARTS) is 2. The molecule has 1 unspecified atom stereocenters. The molecular weight excluding hydrogens is 256 g/mol. The Hall–Kier alpha value is -2.64. The Labute approximate surface area is 108 Å². The third-order valence-corrected chi connectivity index (χ3v) is 2.18. The predicted octanol–water partition coefficient (Wildman–Crippen LogP) is 0.208. The molecule has 1 aromatic heterocycles. The molecule has 1 heterocycles. The number of carbonyl (C=O) groups is 3. The van der Waals surface area contributed by atoms with Crippen LogP contribution < -0.4 is 5.32 Å². The molecule has 1 atom stereocenters. The highest BCUT2D eigenvalue weighted by molar-refractivity contribution is 5.90. The molecule has 0 saturated heterocycles. The van der Waals surface area contributed by atoms with Crippen molar-refractivity contribution in [2.75, 3.05) is 12.4 Å². The van der Waals surface area contributed by atoms with Crippen LogP contribution in [0.15, 0.2) is 18.3 Å². The first kappa shape index (κ1) is 14.4. The lowest BCUT2D eigenvalue weighted by molar-refractivity contribution is -0.144. The van der Waals surface area contributed by atoms with Crippen LogP contribution in [0.5, 0.6) is 0 Å². The van der Waals surface area contributed by atoms with E-state index in [2.05, 4.69) is 15.0 Å². The summed E-state index contributed by atoms with van der Waals surface area (Å²) in [6.07, 6.45) is 0.674. The van der Waals surface area contributed by atoms with Crippen molar-refractivity contribution in [2.24, 2.45) is 0 Å². The number of aromatic nitrogens is 1. The molecule has 0 aliphatic heterocycles. The molecule has 0 bridgehead atoms. The zero-order valence-electron chi connectivity index (χ0n) is 9.99. The van der Waals surface area contributed by atoms with Gasteiger partial charge in [0.15, 0.2) is 0 Å². The number of esters is 1. The topological polar surface area (TPSA) is 126 Å². The molecule has 0 saturated carbocycles. The average Bonchev–Trinajstić information content (AvgIpc) is 2.36. The van der Waals surface area contributed by atoms with Gasteiger partial charge in [0, 0.05) is 6.20 Å². The Balaban J connectivity index is 2.87. The van der Waals surface area contributed by atoms with Crippen molar-refractivity contribution in [3.05, 3.63) is 23.9 Å². The number of anilines is 1. The van der Waals surface area contributed by atoms with Gasteiger partial charge in [-0.05, 0) is 12.1 Å². The van der Waals surface area contributed by atoms with Crippen LogP contribution in [0.4, 0.5) is 5.82 Å². The summed E-state index contributed by atoms with van der Waals surface area (Å²) >= 11 is 0. The van der Waals surface area contributed by atoms with E-state index in [1.165, 1.54) is 25.4 Å². The second-order valence-electron chi connectivity index (χ2n) is 3.55. The smallest absolute Gasteiger partial charge is 0.338 e. The normalized spacial score (nSPS) is 11.4. The Bertz CT molecular complexity index is 502. The zero-order valence-corrected chi connectivity index (χ0v) is 9.99. The minimum absolute atomic E-state index is 0.0801. The highest BCUT2D eigenvalue weighted by Crippen LogP contribution is 2.10. The quantitative estimate of drug-likeness (QED) is 0.625. The van der Waals surface area contributed by atoms with Crippen LogP contribution in [0.1, 0.15) is 16.8 Å². The van der Waals surface area contributed by atoms with Crippen LogP contribution in [0, 0.1) is 0 Å². The minimum atomic E-state index is -1.34. The molecule has 19 heavy (non-hydrogen) atoms. The maximum absolute atomic E-state index is 11.3. The number of nitrogens with zero attached hydrogens (tertiary/aromatic N) is 1. The Morgan fingerprint density at radius 1 is 1.42 bits per heavy atom. The lowest BCUT2D eigenvalue weighted by Crippen LogP contribution is -2.32. The van der Waals surface area contributed by atoms with Gasteiger partial charge in [-0.1, -0.05) is 0 Å². The molecule has 8 nitrogen and oxygen atoms in total. The van der Waals surface area contributed by atoms with E-state index in [1.54, 1.807) is 0 Å². The van der Waals surface area contributed by atoms with E-state index < -0.39 is 30.4 Å². The fourth-order valence-electron chi connectivity index (χ4n) is 1.31. The number of rotatable bonds is 6. The van der Waals surface area contributed by atoms with Gasteiger partial charge in [0.05, 0.1) is 19.1 Å². The molecule has 3 N–H and O–H groups in total. The van der Waals surface area contributed by atoms with Crippen LogP contribution in [0.2, 0.25) is 0 Å². The number of nitrogens with one attached hydrogen (secondary N) is 1. The molecule has 0 amide bonds. The fraction of sp³-hybridized carbons (Fsp3) is 0.273. The molecule has 0 aliphatic carbocycles. The van der Waals surface area contributed by atoms with Crippen molar-refractivity contribution in [3.8, 4) is 0 Å². The summed E-state index contributed by atoms with van der Waals surface area (Å²) in [6, 6.07) is 1.34. The van der Waals surface area contributed by atoms with E-state index in [-0.39, 0.29) is 11.4 Å². The van der Waals surface area contributed by atoms with Crippen molar-refractivity contribution >= 4 is 23.7 Å². The van der Waals surface area contributed by atoms with Crippen molar-refractivity contribution in [3.63, 3.8) is 0 Å². The van der Waals surface area contributed by atoms with Crippen LogP contribution in [-0.4, -0.2) is 46.3 Å². The number of hydrogen-bond donors (Lipinski definition) is 3. The molecule has 8 heteroatoms. The van der Waals surface area contributed by atoms with Gasteiger partial charge in [-0.2, -0.15) is 0 Å². The highest BCUT2D eigenvalue weighted by atomic mass is 16.5. The molecule has 0 aromatic carbocycles. The lowest BCUT2D eigenvalue weighted by atomic mass is 10.2. The van der Waals surface area contributed by atoms with Gasteiger partial charge in [0.1, 0.15) is 11.9 Å². The molecule has 1 aromatic rings. The monoisotopic (exact) mass is 268 g/mol. The third-order valence-electron chi connectivity index (χ3n) is 2.18. The van der Waals surface area contributed by atoms with E-state index in [4.69, 9.17) is 10.2 Å². The highest BCUT2D eigenvalue weighted by Gasteiger charge is 2.21. The van der Waals surface area contributed by atoms with E-state index in [1.807, 2.05) is 0 Å². The van der Waals surface area contributed by atoms with Crippen molar-refractivity contribution in [1.29, 1.82) is 0 Å². The van der Waals surface area contributed by atoms with Gasteiger partial charge in [-0.25, -0.2) is 14.6 Å². The SMILES string of the molecule is COC(=O)c1ccnc(NC(CC(=O)O)C(=O)O)c1. The number of carbonyl (C=O) groups excluding carboxylic acids is 1. The molecule has 0 fully saturated rings. The lowest BCUT2D eigenvalue weighted by Gasteiger charge is -2.13. The number of hydrogen-bond acceptors (Lipinski definition) is 6. The summed E-state index contributed by atoms with van der Waals surface area (Å²) in [5.74, 6) is -3.11. The summed E-state index contributed by atoms with van der Waals surface area (Å²) in [5.41, 5.74) is 0.180. The molecular formula is C11H12N2O6. The largest absolute Gasteiger partial charge is 0.481 e.